The number of carbonyl (C=O) groups is 1. The first-order chi connectivity index (χ1) is 13.2. The van der Waals surface area contributed by atoms with Crippen LogP contribution in [0, 0.1) is 0 Å². The summed E-state index contributed by atoms with van der Waals surface area (Å²) in [6, 6.07) is 13.6. The Bertz CT molecular complexity index is 775. The normalized spacial score (nSPS) is 14.0. The average Bonchev–Trinajstić information content (AvgIpc) is 2.71. The van der Waals surface area contributed by atoms with E-state index in [1.54, 1.807) is 14.0 Å². The van der Waals surface area contributed by atoms with Gasteiger partial charge in [0.15, 0.2) is 17.6 Å². The van der Waals surface area contributed by atoms with Gasteiger partial charge in [-0.3, -0.25) is 4.79 Å². The van der Waals surface area contributed by atoms with Crippen molar-refractivity contribution in [1.82, 2.24) is 5.32 Å². The van der Waals surface area contributed by atoms with Gasteiger partial charge < -0.3 is 19.5 Å². The number of nitrogens with one attached hydrogen (secondary N) is 1. The molecule has 0 aliphatic heterocycles. The summed E-state index contributed by atoms with van der Waals surface area (Å²) >= 11 is 0. The van der Waals surface area contributed by atoms with E-state index in [2.05, 4.69) is 17.4 Å². The molecule has 27 heavy (non-hydrogen) atoms. The molecule has 0 saturated heterocycles. The van der Waals surface area contributed by atoms with Crippen molar-refractivity contribution in [3.8, 4) is 17.2 Å². The molecule has 5 nitrogen and oxygen atoms in total. The number of para-hydroxylation sites is 2. The smallest absolute Gasteiger partial charge is 0.260 e. The lowest BCUT2D eigenvalue weighted by Gasteiger charge is -2.19. The van der Waals surface area contributed by atoms with E-state index in [-0.39, 0.29) is 5.91 Å². The number of benzene rings is 2. The van der Waals surface area contributed by atoms with Crippen molar-refractivity contribution in [3.63, 3.8) is 0 Å². The molecule has 0 radical (unpaired) electrons. The molecule has 3 rings (SSSR count). The number of rotatable bonds is 8. The molecule has 1 N–H and O–H groups in total. The van der Waals surface area contributed by atoms with Gasteiger partial charge in [0.1, 0.15) is 12.4 Å². The molecule has 0 fully saturated rings. The third-order valence-corrected chi connectivity index (χ3v) is 4.73. The summed E-state index contributed by atoms with van der Waals surface area (Å²) in [6.45, 7) is 2.52. The van der Waals surface area contributed by atoms with Crippen LogP contribution in [0.5, 0.6) is 17.2 Å². The van der Waals surface area contributed by atoms with Gasteiger partial charge >= 0.3 is 0 Å². The minimum atomic E-state index is -0.557. The molecule has 0 spiro atoms. The monoisotopic (exact) mass is 369 g/mol. The molecule has 0 heterocycles. The van der Waals surface area contributed by atoms with E-state index < -0.39 is 6.10 Å². The van der Waals surface area contributed by atoms with Crippen molar-refractivity contribution in [2.24, 2.45) is 0 Å². The number of hydrogen-bond acceptors (Lipinski definition) is 4. The minimum absolute atomic E-state index is 0.156. The van der Waals surface area contributed by atoms with Crippen molar-refractivity contribution < 1.29 is 19.0 Å². The van der Waals surface area contributed by atoms with Crippen LogP contribution in [0.4, 0.5) is 0 Å². The largest absolute Gasteiger partial charge is 0.493 e. The zero-order chi connectivity index (χ0) is 19.1. The lowest BCUT2D eigenvalue weighted by atomic mass is 9.92. The zero-order valence-electron chi connectivity index (χ0n) is 16.0. The number of carbonyl (C=O) groups excluding carboxylic acids is 1. The van der Waals surface area contributed by atoms with E-state index in [1.807, 2.05) is 30.3 Å². The Kier molecular flexibility index (Phi) is 6.58. The Balaban J connectivity index is 1.44. The fraction of sp³-hybridized carbons (Fsp3) is 0.409. The Morgan fingerprint density at radius 2 is 1.81 bits per heavy atom. The Labute approximate surface area is 160 Å². The van der Waals surface area contributed by atoms with Crippen LogP contribution in [-0.4, -0.2) is 32.3 Å². The third kappa shape index (κ3) is 5.16. The lowest BCUT2D eigenvalue weighted by Crippen LogP contribution is -2.38. The van der Waals surface area contributed by atoms with E-state index in [0.29, 0.717) is 24.7 Å². The maximum atomic E-state index is 12.3. The fourth-order valence-corrected chi connectivity index (χ4v) is 3.26. The Morgan fingerprint density at radius 3 is 2.59 bits per heavy atom. The number of hydrogen-bond donors (Lipinski definition) is 1. The maximum Gasteiger partial charge on any atom is 0.260 e. The summed E-state index contributed by atoms with van der Waals surface area (Å²) in [4.78, 5) is 12.3. The molecule has 2 aromatic rings. The van der Waals surface area contributed by atoms with Crippen molar-refractivity contribution in [3.05, 3.63) is 53.6 Å². The van der Waals surface area contributed by atoms with Gasteiger partial charge in [-0.1, -0.05) is 18.2 Å². The van der Waals surface area contributed by atoms with Crippen LogP contribution < -0.4 is 19.5 Å². The van der Waals surface area contributed by atoms with Crippen LogP contribution in [0.15, 0.2) is 42.5 Å². The highest BCUT2D eigenvalue weighted by Gasteiger charge is 2.16. The van der Waals surface area contributed by atoms with Crippen LogP contribution in [0.3, 0.4) is 0 Å². The van der Waals surface area contributed by atoms with Gasteiger partial charge in [-0.2, -0.15) is 0 Å². The summed E-state index contributed by atoms with van der Waals surface area (Å²) in [6.07, 6.45) is 4.14. The van der Waals surface area contributed by atoms with Gasteiger partial charge in [-0.25, -0.2) is 0 Å². The van der Waals surface area contributed by atoms with E-state index in [9.17, 15) is 4.79 Å². The topological polar surface area (TPSA) is 56.8 Å². The Morgan fingerprint density at radius 1 is 1.07 bits per heavy atom. The van der Waals surface area contributed by atoms with Crippen LogP contribution in [0.1, 0.15) is 30.9 Å². The summed E-state index contributed by atoms with van der Waals surface area (Å²) in [5.41, 5.74) is 2.75. The molecule has 1 amide bonds. The Hall–Kier alpha value is -2.69. The number of methoxy groups -OCH3 is 1. The van der Waals surface area contributed by atoms with Crippen LogP contribution in [0.2, 0.25) is 0 Å². The second-order valence-corrected chi connectivity index (χ2v) is 6.69. The second kappa shape index (κ2) is 9.31. The number of amides is 1. The molecule has 0 saturated carbocycles. The van der Waals surface area contributed by atoms with Crippen LogP contribution >= 0.6 is 0 Å². The predicted molar refractivity (Wildman–Crippen MR) is 105 cm³/mol. The van der Waals surface area contributed by atoms with Crippen LogP contribution in [0.25, 0.3) is 0 Å². The highest BCUT2D eigenvalue weighted by molar-refractivity contribution is 5.80. The van der Waals surface area contributed by atoms with Gasteiger partial charge in [-0.15, -0.1) is 0 Å². The molecule has 1 aliphatic rings. The van der Waals surface area contributed by atoms with Crippen LogP contribution in [-0.2, 0) is 17.6 Å². The number of fused-ring (bicyclic) bond motifs is 1. The summed E-state index contributed by atoms with van der Waals surface area (Å²) in [5, 5.41) is 2.84. The minimum Gasteiger partial charge on any atom is -0.493 e. The quantitative estimate of drug-likeness (QED) is 0.723. The maximum absolute atomic E-state index is 12.3. The highest BCUT2D eigenvalue weighted by Crippen LogP contribution is 2.26. The molecule has 1 atom stereocenters. The van der Waals surface area contributed by atoms with E-state index in [0.717, 1.165) is 18.6 Å². The molecule has 0 aromatic heterocycles. The van der Waals surface area contributed by atoms with Gasteiger partial charge in [0, 0.05) is 0 Å². The standard InChI is InChI=1S/C22H27NO4/c1-16(27-19-12-11-17-7-3-4-8-18(17)15-19)22(24)23-13-14-26-21-10-6-5-9-20(21)25-2/h5-6,9-12,15-16H,3-4,7-8,13-14H2,1-2H3,(H,23,24)/t16-/m0/s1. The summed E-state index contributed by atoms with van der Waals surface area (Å²) < 4.78 is 16.7. The van der Waals surface area contributed by atoms with E-state index in [1.165, 1.54) is 24.0 Å². The summed E-state index contributed by atoms with van der Waals surface area (Å²) in [5.74, 6) is 1.93. The van der Waals surface area contributed by atoms with Crippen molar-refractivity contribution in [2.75, 3.05) is 20.3 Å². The second-order valence-electron chi connectivity index (χ2n) is 6.69. The van der Waals surface area contributed by atoms with Gasteiger partial charge in [0.2, 0.25) is 0 Å². The average molecular weight is 369 g/mol. The van der Waals surface area contributed by atoms with E-state index >= 15 is 0 Å². The number of aryl methyl sites for hydroxylation is 2. The van der Waals surface area contributed by atoms with Gasteiger partial charge in [0.05, 0.1) is 13.7 Å². The van der Waals surface area contributed by atoms with E-state index in [4.69, 9.17) is 14.2 Å². The highest BCUT2D eigenvalue weighted by atomic mass is 16.5. The van der Waals surface area contributed by atoms with Gasteiger partial charge in [0.25, 0.3) is 5.91 Å². The first-order valence-corrected chi connectivity index (χ1v) is 9.49. The van der Waals surface area contributed by atoms with Crippen molar-refractivity contribution >= 4 is 5.91 Å². The molecule has 2 aromatic carbocycles. The number of ether oxygens (including phenoxy) is 3. The molecular weight excluding hydrogens is 342 g/mol. The molecule has 1 aliphatic carbocycles. The summed E-state index contributed by atoms with van der Waals surface area (Å²) in [7, 11) is 1.60. The molecular formula is C22H27NO4. The van der Waals surface area contributed by atoms with Crippen molar-refractivity contribution in [2.45, 2.75) is 38.7 Å². The first kappa shape index (κ1) is 19.1. The van der Waals surface area contributed by atoms with Crippen molar-refractivity contribution in [1.29, 1.82) is 0 Å². The molecule has 5 heteroatoms. The molecule has 144 valence electrons. The fourth-order valence-electron chi connectivity index (χ4n) is 3.26. The SMILES string of the molecule is COc1ccccc1OCCNC(=O)[C@H](C)Oc1ccc2c(c1)CCCC2. The molecule has 0 unspecified atom stereocenters. The first-order valence-electron chi connectivity index (χ1n) is 9.49. The van der Waals surface area contributed by atoms with Gasteiger partial charge in [-0.05, 0) is 68.0 Å². The molecule has 0 bridgehead atoms. The third-order valence-electron chi connectivity index (χ3n) is 4.73. The zero-order valence-corrected chi connectivity index (χ0v) is 16.0. The predicted octanol–water partition coefficient (Wildman–Crippen LogP) is 3.54. The lowest BCUT2D eigenvalue weighted by molar-refractivity contribution is -0.127.